The maximum absolute atomic E-state index is 12.5. The van der Waals surface area contributed by atoms with Gasteiger partial charge in [0.05, 0.1) is 23.1 Å². The number of carbonyl (C=O) groups is 2. The Kier molecular flexibility index (Phi) is 6.46. The van der Waals surface area contributed by atoms with Crippen LogP contribution in [0.3, 0.4) is 0 Å². The van der Waals surface area contributed by atoms with Crippen molar-refractivity contribution in [1.29, 1.82) is 0 Å². The van der Waals surface area contributed by atoms with Crippen molar-refractivity contribution in [2.75, 3.05) is 6.61 Å². The Balaban J connectivity index is 2.31. The number of rotatable bonds is 6. The summed E-state index contributed by atoms with van der Waals surface area (Å²) < 4.78 is 5.70. The minimum absolute atomic E-state index is 0.0150. The normalized spacial score (nSPS) is 11.5. The third-order valence-corrected chi connectivity index (χ3v) is 4.34. The molecule has 0 fully saturated rings. The van der Waals surface area contributed by atoms with Crippen LogP contribution in [-0.4, -0.2) is 23.4 Å². The Labute approximate surface area is 158 Å². The van der Waals surface area contributed by atoms with Gasteiger partial charge in [-0.25, -0.2) is 4.79 Å². The number of hydrogen-bond acceptors (Lipinski definition) is 5. The van der Waals surface area contributed by atoms with Gasteiger partial charge in [-0.15, -0.1) is 0 Å². The molecule has 0 spiro atoms. The van der Waals surface area contributed by atoms with Gasteiger partial charge in [-0.2, -0.15) is 0 Å². The summed E-state index contributed by atoms with van der Waals surface area (Å²) in [5.74, 6) is -1.24. The smallest absolute Gasteiger partial charge is 0.338 e. The maximum Gasteiger partial charge on any atom is 0.338 e. The van der Waals surface area contributed by atoms with E-state index in [1.807, 2.05) is 24.3 Å². The first-order valence-corrected chi connectivity index (χ1v) is 8.64. The first-order valence-electron chi connectivity index (χ1n) is 7.85. The van der Waals surface area contributed by atoms with Crippen molar-refractivity contribution in [3.05, 3.63) is 73.7 Å². The molecule has 0 aliphatic heterocycles. The quantitative estimate of drug-likeness (QED) is 0.432. The summed E-state index contributed by atoms with van der Waals surface area (Å²) in [5, 5.41) is 13.9. The molecule has 0 bridgehead atoms. The van der Waals surface area contributed by atoms with Gasteiger partial charge in [0, 0.05) is 22.2 Å². The SMILES string of the molecule is CCOC(=O)c1cc(C(=O)NC(C)c2ccccc2Br)cc([N+](=O)[O-])c1. The number of nitro benzene ring substituents is 1. The molecule has 1 amide bonds. The summed E-state index contributed by atoms with van der Waals surface area (Å²) in [4.78, 5) is 34.9. The molecule has 136 valence electrons. The molecule has 2 rings (SSSR count). The number of halogens is 1. The zero-order valence-corrected chi connectivity index (χ0v) is 15.8. The molecule has 26 heavy (non-hydrogen) atoms. The van der Waals surface area contributed by atoms with E-state index < -0.39 is 16.8 Å². The largest absolute Gasteiger partial charge is 0.462 e. The molecule has 0 aromatic heterocycles. The summed E-state index contributed by atoms with van der Waals surface area (Å²) in [6.45, 7) is 3.55. The van der Waals surface area contributed by atoms with Crippen molar-refractivity contribution in [2.24, 2.45) is 0 Å². The van der Waals surface area contributed by atoms with Crippen molar-refractivity contribution in [2.45, 2.75) is 19.9 Å². The Morgan fingerprint density at radius 2 is 1.88 bits per heavy atom. The van der Waals surface area contributed by atoms with E-state index in [0.29, 0.717) is 0 Å². The van der Waals surface area contributed by atoms with Gasteiger partial charge in [0.1, 0.15) is 0 Å². The minimum atomic E-state index is -0.718. The van der Waals surface area contributed by atoms with E-state index in [9.17, 15) is 19.7 Å². The highest BCUT2D eigenvalue weighted by atomic mass is 79.9. The van der Waals surface area contributed by atoms with E-state index in [0.717, 1.165) is 22.2 Å². The molecule has 2 aromatic carbocycles. The number of benzene rings is 2. The fourth-order valence-corrected chi connectivity index (χ4v) is 2.99. The Morgan fingerprint density at radius 3 is 2.50 bits per heavy atom. The number of ether oxygens (including phenoxy) is 1. The first kappa shape index (κ1) is 19.6. The van der Waals surface area contributed by atoms with Crippen LogP contribution in [0, 0.1) is 10.1 Å². The molecule has 0 saturated carbocycles. The molecule has 0 saturated heterocycles. The number of carbonyl (C=O) groups excluding carboxylic acids is 2. The molecule has 0 aliphatic carbocycles. The van der Waals surface area contributed by atoms with Crippen LogP contribution < -0.4 is 5.32 Å². The zero-order chi connectivity index (χ0) is 19.3. The summed E-state index contributed by atoms with van der Waals surface area (Å²) in [6.07, 6.45) is 0. The lowest BCUT2D eigenvalue weighted by Crippen LogP contribution is -2.27. The van der Waals surface area contributed by atoms with E-state index in [4.69, 9.17) is 4.74 Å². The number of non-ortho nitro benzene ring substituents is 1. The number of amides is 1. The monoisotopic (exact) mass is 420 g/mol. The van der Waals surface area contributed by atoms with E-state index in [-0.39, 0.29) is 29.5 Å². The highest BCUT2D eigenvalue weighted by molar-refractivity contribution is 9.10. The molecule has 8 heteroatoms. The third-order valence-electron chi connectivity index (χ3n) is 3.62. The molecule has 7 nitrogen and oxygen atoms in total. The molecule has 1 atom stereocenters. The Hall–Kier alpha value is -2.74. The van der Waals surface area contributed by atoms with Crippen LogP contribution >= 0.6 is 15.9 Å². The summed E-state index contributed by atoms with van der Waals surface area (Å²) >= 11 is 3.42. The van der Waals surface area contributed by atoms with Crippen molar-refractivity contribution >= 4 is 33.5 Å². The highest BCUT2D eigenvalue weighted by Crippen LogP contribution is 2.24. The molecule has 1 N–H and O–H groups in total. The lowest BCUT2D eigenvalue weighted by molar-refractivity contribution is -0.384. The van der Waals surface area contributed by atoms with Gasteiger partial charge in [0.2, 0.25) is 0 Å². The van der Waals surface area contributed by atoms with Crippen molar-refractivity contribution in [3.63, 3.8) is 0 Å². The lowest BCUT2D eigenvalue weighted by atomic mass is 10.1. The summed E-state index contributed by atoms with van der Waals surface area (Å²) in [5.41, 5.74) is 0.479. The molecule has 2 aromatic rings. The molecule has 1 unspecified atom stereocenters. The second kappa shape index (κ2) is 8.57. The van der Waals surface area contributed by atoms with Gasteiger partial charge in [-0.1, -0.05) is 34.1 Å². The zero-order valence-electron chi connectivity index (χ0n) is 14.2. The van der Waals surface area contributed by atoms with Gasteiger partial charge in [-0.05, 0) is 31.5 Å². The van der Waals surface area contributed by atoms with E-state index in [2.05, 4.69) is 21.2 Å². The fourth-order valence-electron chi connectivity index (χ4n) is 2.36. The van der Waals surface area contributed by atoms with E-state index >= 15 is 0 Å². The van der Waals surface area contributed by atoms with Crippen LogP contribution in [0.25, 0.3) is 0 Å². The van der Waals surface area contributed by atoms with Gasteiger partial charge in [-0.3, -0.25) is 14.9 Å². The van der Waals surface area contributed by atoms with Gasteiger partial charge >= 0.3 is 5.97 Å². The predicted molar refractivity (Wildman–Crippen MR) is 99.1 cm³/mol. The number of hydrogen-bond donors (Lipinski definition) is 1. The van der Waals surface area contributed by atoms with E-state index in [1.165, 1.54) is 6.07 Å². The van der Waals surface area contributed by atoms with Crippen LogP contribution in [-0.2, 0) is 4.74 Å². The standard InChI is InChI=1S/C18H17BrN2O5/c1-3-26-18(23)13-8-12(9-14(10-13)21(24)25)17(22)20-11(2)15-6-4-5-7-16(15)19/h4-11H,3H2,1-2H3,(H,20,22). The Morgan fingerprint density at radius 1 is 1.23 bits per heavy atom. The molecule has 0 heterocycles. The van der Waals surface area contributed by atoms with E-state index in [1.54, 1.807) is 13.8 Å². The average molecular weight is 421 g/mol. The van der Waals surface area contributed by atoms with Crippen molar-refractivity contribution in [3.8, 4) is 0 Å². The Bertz CT molecular complexity index is 853. The first-order chi connectivity index (χ1) is 12.3. The molecular weight excluding hydrogens is 404 g/mol. The second-order valence-electron chi connectivity index (χ2n) is 5.46. The van der Waals surface area contributed by atoms with Gasteiger partial charge in [0.15, 0.2) is 0 Å². The second-order valence-corrected chi connectivity index (χ2v) is 6.32. The maximum atomic E-state index is 12.5. The van der Waals surface area contributed by atoms with Crippen molar-refractivity contribution < 1.29 is 19.2 Å². The number of nitrogens with one attached hydrogen (secondary N) is 1. The lowest BCUT2D eigenvalue weighted by Gasteiger charge is -2.16. The van der Waals surface area contributed by atoms with Gasteiger partial charge in [0.25, 0.3) is 11.6 Å². The van der Waals surface area contributed by atoms with Crippen LogP contribution in [0.4, 0.5) is 5.69 Å². The highest BCUT2D eigenvalue weighted by Gasteiger charge is 2.20. The number of nitrogens with zero attached hydrogens (tertiary/aromatic N) is 1. The molecule has 0 radical (unpaired) electrons. The molecule has 0 aliphatic rings. The van der Waals surface area contributed by atoms with Crippen LogP contribution in [0.2, 0.25) is 0 Å². The molecular formula is C18H17BrN2O5. The minimum Gasteiger partial charge on any atom is -0.462 e. The number of nitro groups is 1. The predicted octanol–water partition coefficient (Wildman–Crippen LogP) is 4.03. The van der Waals surface area contributed by atoms with Crippen LogP contribution in [0.5, 0.6) is 0 Å². The summed E-state index contributed by atoms with van der Waals surface area (Å²) in [7, 11) is 0. The van der Waals surface area contributed by atoms with Crippen LogP contribution in [0.1, 0.15) is 46.2 Å². The number of esters is 1. The fraction of sp³-hybridized carbons (Fsp3) is 0.222. The van der Waals surface area contributed by atoms with Crippen molar-refractivity contribution in [1.82, 2.24) is 5.32 Å². The third kappa shape index (κ3) is 4.66. The summed E-state index contributed by atoms with van der Waals surface area (Å²) in [6, 6.07) is 10.6. The van der Waals surface area contributed by atoms with Crippen LogP contribution in [0.15, 0.2) is 46.9 Å². The topological polar surface area (TPSA) is 98.5 Å². The average Bonchev–Trinajstić information content (AvgIpc) is 2.61. The van der Waals surface area contributed by atoms with Gasteiger partial charge < -0.3 is 10.1 Å².